The second kappa shape index (κ2) is 12.3. The van der Waals surface area contributed by atoms with E-state index in [1.807, 2.05) is 35.6 Å². The van der Waals surface area contributed by atoms with E-state index in [2.05, 4.69) is 59.4 Å². The summed E-state index contributed by atoms with van der Waals surface area (Å²) in [5.41, 5.74) is 3.40. The van der Waals surface area contributed by atoms with Crippen molar-refractivity contribution in [3.63, 3.8) is 0 Å². The Morgan fingerprint density at radius 3 is 2.71 bits per heavy atom. The molecule has 1 unspecified atom stereocenters. The van der Waals surface area contributed by atoms with Crippen LogP contribution < -0.4 is 15.5 Å². The highest BCUT2D eigenvalue weighted by molar-refractivity contribution is 9.10. The van der Waals surface area contributed by atoms with E-state index in [0.717, 1.165) is 27.7 Å². The molecular weight excluding hydrogens is 500 g/mol. The summed E-state index contributed by atoms with van der Waals surface area (Å²) in [6.45, 7) is 5.05. The van der Waals surface area contributed by atoms with Crippen molar-refractivity contribution in [3.8, 4) is 0 Å². The molecule has 0 amide bonds. The van der Waals surface area contributed by atoms with Crippen molar-refractivity contribution in [2.24, 2.45) is 0 Å². The van der Waals surface area contributed by atoms with Gasteiger partial charge < -0.3 is 20.6 Å². The van der Waals surface area contributed by atoms with E-state index >= 15 is 0 Å². The smallest absolute Gasteiger partial charge is 0.274 e. The fourth-order valence-electron chi connectivity index (χ4n) is 2.92. The van der Waals surface area contributed by atoms with Crippen LogP contribution in [0.1, 0.15) is 27.7 Å². The number of hydrogen-bond donors (Lipinski definition) is 3. The van der Waals surface area contributed by atoms with Crippen LogP contribution >= 0.6 is 39.0 Å². The average molecular weight is 530 g/mol. The molecule has 31 heavy (non-hydrogen) atoms. The third-order valence-electron chi connectivity index (χ3n) is 4.68. The zero-order valence-corrected chi connectivity index (χ0v) is 21.4. The zero-order chi connectivity index (χ0) is 23.0. The number of anilines is 1. The lowest BCUT2D eigenvalue weighted by molar-refractivity contribution is -0.404. The Hall–Kier alpha value is -1.75. The molecule has 0 radical (unpaired) electrons. The first-order chi connectivity index (χ1) is 14.7. The minimum atomic E-state index is -0.778. The summed E-state index contributed by atoms with van der Waals surface area (Å²) >= 11 is 6.98. The van der Waals surface area contributed by atoms with Crippen molar-refractivity contribution in [1.82, 2.24) is 10.6 Å². The quantitative estimate of drug-likeness (QED) is 0.213. The summed E-state index contributed by atoms with van der Waals surface area (Å²) in [4.78, 5) is 13.9. The van der Waals surface area contributed by atoms with Crippen LogP contribution in [0.2, 0.25) is 0 Å². The third-order valence-corrected chi connectivity index (χ3v) is 7.90. The van der Waals surface area contributed by atoms with Gasteiger partial charge in [0.25, 0.3) is 6.20 Å². The van der Waals surface area contributed by atoms with E-state index < -0.39 is 11.0 Å². The number of thioether (sulfide) groups is 1. The number of rotatable bonds is 12. The van der Waals surface area contributed by atoms with Crippen LogP contribution in [-0.2, 0) is 5.75 Å². The van der Waals surface area contributed by atoms with Crippen LogP contribution in [0.25, 0.3) is 0 Å². The van der Waals surface area contributed by atoms with E-state index in [9.17, 15) is 15.2 Å². The normalized spacial score (nSPS) is 12.5. The predicted molar refractivity (Wildman–Crippen MR) is 134 cm³/mol. The lowest BCUT2D eigenvalue weighted by atomic mass is 10.1. The zero-order valence-electron chi connectivity index (χ0n) is 18.1. The second-order valence-corrected chi connectivity index (χ2v) is 10.3. The Balaban J connectivity index is 1.82. The van der Waals surface area contributed by atoms with Crippen molar-refractivity contribution >= 4 is 44.0 Å². The molecule has 1 aromatic carbocycles. The van der Waals surface area contributed by atoms with Crippen LogP contribution in [0, 0.1) is 24.0 Å². The molecule has 0 saturated carbocycles. The van der Waals surface area contributed by atoms with E-state index in [1.165, 1.54) is 21.0 Å². The molecule has 0 aliphatic carbocycles. The van der Waals surface area contributed by atoms with Crippen molar-refractivity contribution < 1.29 is 10.0 Å². The van der Waals surface area contributed by atoms with E-state index in [4.69, 9.17) is 0 Å². The molecule has 10 heteroatoms. The molecule has 0 fully saturated rings. The van der Waals surface area contributed by atoms with Gasteiger partial charge in [0.1, 0.15) is 0 Å². The van der Waals surface area contributed by atoms with Gasteiger partial charge in [-0.05, 0) is 42.7 Å². The molecular formula is C21H29BrN4O3S2. The van der Waals surface area contributed by atoms with Gasteiger partial charge in [-0.15, -0.1) is 11.3 Å². The topological polar surface area (TPSA) is 90.7 Å². The molecule has 3 N–H and O–H groups in total. The average Bonchev–Trinajstić information content (AvgIpc) is 2.99. The first-order valence-electron chi connectivity index (χ1n) is 9.79. The second-order valence-electron chi connectivity index (χ2n) is 7.23. The number of aliphatic hydroxyl groups excluding tert-OH is 1. The molecule has 0 saturated heterocycles. The maximum atomic E-state index is 10.9. The van der Waals surface area contributed by atoms with Crippen molar-refractivity contribution in [1.29, 1.82) is 0 Å². The first-order valence-corrected chi connectivity index (χ1v) is 12.6. The molecule has 170 valence electrons. The predicted octanol–water partition coefficient (Wildman–Crippen LogP) is 4.42. The summed E-state index contributed by atoms with van der Waals surface area (Å²) in [7, 11) is 4.12. The fourth-order valence-corrected chi connectivity index (χ4v) is 5.65. The monoisotopic (exact) mass is 528 g/mol. The highest BCUT2D eigenvalue weighted by atomic mass is 79.9. The highest BCUT2D eigenvalue weighted by Gasteiger charge is 2.13. The van der Waals surface area contributed by atoms with Crippen molar-refractivity contribution in [2.75, 3.05) is 37.8 Å². The van der Waals surface area contributed by atoms with Gasteiger partial charge in [-0.3, -0.25) is 10.1 Å². The number of thiophene rings is 1. The summed E-state index contributed by atoms with van der Waals surface area (Å²) in [5.74, 6) is 2.01. The molecule has 2 aromatic rings. The minimum absolute atomic E-state index is 0.164. The van der Waals surface area contributed by atoms with Gasteiger partial charge in [0.15, 0.2) is 5.82 Å². The first kappa shape index (κ1) is 25.5. The lowest BCUT2D eigenvalue weighted by Gasteiger charge is -2.15. The Kier molecular flexibility index (Phi) is 10.1. The maximum absolute atomic E-state index is 10.9. The van der Waals surface area contributed by atoms with Crippen molar-refractivity contribution in [2.45, 2.75) is 25.7 Å². The van der Waals surface area contributed by atoms with Gasteiger partial charge in [-0.2, -0.15) is 11.8 Å². The van der Waals surface area contributed by atoms with Gasteiger partial charge in [0.05, 0.1) is 16.0 Å². The number of nitrogens with zero attached hydrogens (tertiary/aromatic N) is 2. The molecule has 2 rings (SSSR count). The Bertz CT molecular complexity index is 918. The molecule has 7 nitrogen and oxygen atoms in total. The van der Waals surface area contributed by atoms with Gasteiger partial charge in [-0.1, -0.05) is 28.1 Å². The van der Waals surface area contributed by atoms with Crippen molar-refractivity contribution in [3.05, 3.63) is 72.4 Å². The number of hydrogen-bond acceptors (Lipinski definition) is 8. The third kappa shape index (κ3) is 8.03. The number of nitro groups is 1. The SMILES string of the molecule is Cc1c(CSCCNC(=C[N+](=O)[O-])NCC(O)c2cccc(Br)c2)sc(N(C)C)c1C. The highest BCUT2D eigenvalue weighted by Crippen LogP contribution is 2.36. The summed E-state index contributed by atoms with van der Waals surface area (Å²) in [6.07, 6.45) is 0.119. The summed E-state index contributed by atoms with van der Waals surface area (Å²) in [5, 5.41) is 28.6. The number of aliphatic hydroxyl groups is 1. The number of halogens is 1. The van der Waals surface area contributed by atoms with Gasteiger partial charge in [0, 0.05) is 48.0 Å². The summed E-state index contributed by atoms with van der Waals surface area (Å²) < 4.78 is 0.870. The number of benzene rings is 1. The fraction of sp³-hybridized carbons (Fsp3) is 0.429. The maximum Gasteiger partial charge on any atom is 0.274 e. The minimum Gasteiger partial charge on any atom is -0.387 e. The van der Waals surface area contributed by atoms with Crippen LogP contribution in [0.4, 0.5) is 5.00 Å². The molecule has 1 aromatic heterocycles. The largest absolute Gasteiger partial charge is 0.387 e. The van der Waals surface area contributed by atoms with Gasteiger partial charge in [0.2, 0.25) is 0 Å². The van der Waals surface area contributed by atoms with E-state index in [1.54, 1.807) is 11.8 Å². The van der Waals surface area contributed by atoms with Crippen LogP contribution in [0.15, 0.2) is 40.8 Å². The summed E-state index contributed by atoms with van der Waals surface area (Å²) in [6, 6.07) is 7.35. The van der Waals surface area contributed by atoms with Gasteiger partial charge in [-0.25, -0.2) is 0 Å². The van der Waals surface area contributed by atoms with Crippen LogP contribution in [0.5, 0.6) is 0 Å². The lowest BCUT2D eigenvalue weighted by Crippen LogP contribution is -2.31. The standard InChI is InChI=1S/C21H29BrN4O3S2/c1-14-15(2)21(25(3)4)31-19(14)13-30-9-8-23-20(12-26(28)29)24-11-18(27)16-6-5-7-17(22)10-16/h5-7,10,12,18,23-24,27H,8-9,11,13H2,1-4H3. The molecule has 0 spiro atoms. The van der Waals surface area contributed by atoms with E-state index in [-0.39, 0.29) is 12.4 Å². The Morgan fingerprint density at radius 2 is 2.10 bits per heavy atom. The molecule has 0 aliphatic heterocycles. The van der Waals surface area contributed by atoms with Gasteiger partial charge >= 0.3 is 0 Å². The Morgan fingerprint density at radius 1 is 1.35 bits per heavy atom. The van der Waals surface area contributed by atoms with Crippen LogP contribution in [0.3, 0.4) is 0 Å². The number of nitrogens with one attached hydrogen (secondary N) is 2. The molecule has 0 bridgehead atoms. The van der Waals surface area contributed by atoms with E-state index in [0.29, 0.717) is 6.54 Å². The van der Waals surface area contributed by atoms with Crippen LogP contribution in [-0.4, -0.2) is 43.0 Å². The molecule has 1 heterocycles. The molecule has 0 aliphatic rings. The molecule has 1 atom stereocenters. The Labute approximate surface area is 200 Å².